The number of aromatic nitrogens is 2. The van der Waals surface area contributed by atoms with Crippen molar-refractivity contribution < 1.29 is 13.9 Å². The molecule has 1 aliphatic rings. The highest BCUT2D eigenvalue weighted by molar-refractivity contribution is 5.89. The molecule has 28 heavy (non-hydrogen) atoms. The minimum atomic E-state index is -0.291. The normalized spacial score (nSPS) is 13.0. The third-order valence-corrected chi connectivity index (χ3v) is 4.66. The number of nitrogens with zero attached hydrogens (tertiary/aromatic N) is 3. The molecule has 6 nitrogen and oxygen atoms in total. The summed E-state index contributed by atoms with van der Waals surface area (Å²) in [4.78, 5) is 23.3. The van der Waals surface area contributed by atoms with Crippen LogP contribution >= 0.6 is 0 Å². The Balaban J connectivity index is 1.45. The van der Waals surface area contributed by atoms with Gasteiger partial charge in [0.25, 0.3) is 0 Å². The second kappa shape index (κ2) is 7.64. The van der Waals surface area contributed by atoms with E-state index in [0.29, 0.717) is 31.0 Å². The average molecular weight is 378 g/mol. The molecule has 7 heteroatoms. The fourth-order valence-electron chi connectivity index (χ4n) is 3.10. The number of carbonyl (C=O) groups excluding carboxylic acids is 1. The van der Waals surface area contributed by atoms with Gasteiger partial charge in [-0.3, -0.25) is 0 Å². The first-order chi connectivity index (χ1) is 13.6. The van der Waals surface area contributed by atoms with Crippen LogP contribution in [0.25, 0.3) is 11.4 Å². The van der Waals surface area contributed by atoms with Crippen molar-refractivity contribution in [3.8, 4) is 17.1 Å². The van der Waals surface area contributed by atoms with Crippen LogP contribution in [0.3, 0.4) is 0 Å². The van der Waals surface area contributed by atoms with Gasteiger partial charge in [0.05, 0.1) is 19.3 Å². The van der Waals surface area contributed by atoms with Crippen LogP contribution in [-0.4, -0.2) is 34.6 Å². The molecule has 0 unspecified atom stereocenters. The second-order valence-corrected chi connectivity index (χ2v) is 6.50. The summed E-state index contributed by atoms with van der Waals surface area (Å²) in [6, 6.07) is 13.1. The van der Waals surface area contributed by atoms with Crippen molar-refractivity contribution in [2.75, 3.05) is 19.0 Å². The SMILES string of the molecule is COc1ccc(NC(=O)N2CCc3nc(-c4ccc(F)cc4)ncc3C2)cc1. The predicted molar refractivity (Wildman–Crippen MR) is 104 cm³/mol. The zero-order valence-electron chi connectivity index (χ0n) is 15.4. The van der Waals surface area contributed by atoms with Crippen LogP contribution in [0.1, 0.15) is 11.3 Å². The number of benzene rings is 2. The van der Waals surface area contributed by atoms with Gasteiger partial charge < -0.3 is 15.0 Å². The molecule has 0 saturated heterocycles. The summed E-state index contributed by atoms with van der Waals surface area (Å²) < 4.78 is 18.2. The number of rotatable bonds is 3. The smallest absolute Gasteiger partial charge is 0.322 e. The van der Waals surface area contributed by atoms with E-state index in [-0.39, 0.29) is 11.8 Å². The molecule has 2 amide bonds. The molecule has 0 saturated carbocycles. The van der Waals surface area contributed by atoms with Crippen molar-refractivity contribution in [2.24, 2.45) is 0 Å². The summed E-state index contributed by atoms with van der Waals surface area (Å²) in [5.74, 6) is 1.01. The molecule has 0 fully saturated rings. The Morgan fingerprint density at radius 3 is 2.61 bits per heavy atom. The molecule has 4 rings (SSSR count). The molecular formula is C21H19FN4O2. The quantitative estimate of drug-likeness (QED) is 0.751. The Morgan fingerprint density at radius 2 is 1.89 bits per heavy atom. The van der Waals surface area contributed by atoms with Gasteiger partial charge in [-0.15, -0.1) is 0 Å². The lowest BCUT2D eigenvalue weighted by Gasteiger charge is -2.28. The molecule has 0 radical (unpaired) electrons. The average Bonchev–Trinajstić information content (AvgIpc) is 2.74. The first-order valence-corrected chi connectivity index (χ1v) is 8.93. The van der Waals surface area contributed by atoms with Crippen LogP contribution in [0, 0.1) is 5.82 Å². The summed E-state index contributed by atoms with van der Waals surface area (Å²) in [7, 11) is 1.60. The number of hydrogen-bond acceptors (Lipinski definition) is 4. The topological polar surface area (TPSA) is 67.3 Å². The lowest BCUT2D eigenvalue weighted by atomic mass is 10.1. The van der Waals surface area contributed by atoms with E-state index >= 15 is 0 Å². The highest BCUT2D eigenvalue weighted by Crippen LogP contribution is 2.22. The van der Waals surface area contributed by atoms with Gasteiger partial charge in [-0.25, -0.2) is 19.2 Å². The number of amides is 2. The lowest BCUT2D eigenvalue weighted by molar-refractivity contribution is 0.206. The van der Waals surface area contributed by atoms with E-state index in [1.807, 2.05) is 0 Å². The fourth-order valence-corrected chi connectivity index (χ4v) is 3.10. The van der Waals surface area contributed by atoms with Gasteiger partial charge in [0.2, 0.25) is 0 Å². The van der Waals surface area contributed by atoms with Crippen LogP contribution in [0.15, 0.2) is 54.7 Å². The van der Waals surface area contributed by atoms with Gasteiger partial charge in [-0.2, -0.15) is 0 Å². The maximum Gasteiger partial charge on any atom is 0.322 e. The fraction of sp³-hybridized carbons (Fsp3) is 0.190. The molecule has 0 atom stereocenters. The van der Waals surface area contributed by atoms with E-state index in [9.17, 15) is 9.18 Å². The van der Waals surface area contributed by atoms with Crippen LogP contribution < -0.4 is 10.1 Å². The van der Waals surface area contributed by atoms with Crippen LogP contribution in [0.2, 0.25) is 0 Å². The third-order valence-electron chi connectivity index (χ3n) is 4.66. The first-order valence-electron chi connectivity index (χ1n) is 8.93. The molecule has 0 bridgehead atoms. The molecule has 142 valence electrons. The van der Waals surface area contributed by atoms with Crippen molar-refractivity contribution in [1.82, 2.24) is 14.9 Å². The van der Waals surface area contributed by atoms with Gasteiger partial charge in [0.1, 0.15) is 11.6 Å². The van der Waals surface area contributed by atoms with Gasteiger partial charge in [-0.05, 0) is 48.5 Å². The summed E-state index contributed by atoms with van der Waals surface area (Å²) in [5, 5.41) is 2.89. The molecule has 1 aromatic heterocycles. The Kier molecular flexibility index (Phi) is 4.89. The molecule has 1 N–H and O–H groups in total. The van der Waals surface area contributed by atoms with Crippen molar-refractivity contribution >= 4 is 11.7 Å². The Labute approximate surface area is 162 Å². The van der Waals surface area contributed by atoms with Crippen LogP contribution in [-0.2, 0) is 13.0 Å². The molecule has 1 aliphatic heterocycles. The highest BCUT2D eigenvalue weighted by Gasteiger charge is 2.22. The number of carbonyl (C=O) groups is 1. The number of methoxy groups -OCH3 is 1. The Bertz CT molecular complexity index is 990. The number of ether oxygens (including phenoxy) is 1. The van der Waals surface area contributed by atoms with Crippen molar-refractivity contribution in [2.45, 2.75) is 13.0 Å². The third kappa shape index (κ3) is 3.78. The molecule has 2 aromatic carbocycles. The molecule has 2 heterocycles. The molecule has 0 aliphatic carbocycles. The molecule has 0 spiro atoms. The second-order valence-electron chi connectivity index (χ2n) is 6.50. The van der Waals surface area contributed by atoms with Gasteiger partial charge in [-0.1, -0.05) is 0 Å². The minimum absolute atomic E-state index is 0.168. The summed E-state index contributed by atoms with van der Waals surface area (Å²) in [6.07, 6.45) is 2.38. The monoisotopic (exact) mass is 378 g/mol. The first kappa shape index (κ1) is 17.9. The number of halogens is 1. The number of urea groups is 1. The molecule has 3 aromatic rings. The zero-order valence-corrected chi connectivity index (χ0v) is 15.4. The van der Waals surface area contributed by atoms with E-state index in [1.165, 1.54) is 12.1 Å². The van der Waals surface area contributed by atoms with E-state index in [0.717, 1.165) is 22.6 Å². The van der Waals surface area contributed by atoms with Gasteiger partial charge >= 0.3 is 6.03 Å². The number of fused-ring (bicyclic) bond motifs is 1. The highest BCUT2D eigenvalue weighted by atomic mass is 19.1. The maximum absolute atomic E-state index is 13.1. The van der Waals surface area contributed by atoms with Crippen LogP contribution in [0.4, 0.5) is 14.9 Å². The minimum Gasteiger partial charge on any atom is -0.497 e. The molecular weight excluding hydrogens is 359 g/mol. The summed E-state index contributed by atoms with van der Waals surface area (Å²) >= 11 is 0. The van der Waals surface area contributed by atoms with E-state index in [4.69, 9.17) is 4.74 Å². The van der Waals surface area contributed by atoms with Gasteiger partial charge in [0, 0.05) is 36.0 Å². The number of hydrogen-bond donors (Lipinski definition) is 1. The van der Waals surface area contributed by atoms with Crippen molar-refractivity contribution in [3.05, 3.63) is 71.8 Å². The summed E-state index contributed by atoms with van der Waals surface area (Å²) in [6.45, 7) is 1.01. The zero-order chi connectivity index (χ0) is 19.5. The lowest BCUT2D eigenvalue weighted by Crippen LogP contribution is -2.39. The van der Waals surface area contributed by atoms with E-state index in [1.54, 1.807) is 54.6 Å². The summed E-state index contributed by atoms with van der Waals surface area (Å²) in [5.41, 5.74) is 3.31. The Morgan fingerprint density at radius 1 is 1.14 bits per heavy atom. The largest absolute Gasteiger partial charge is 0.497 e. The van der Waals surface area contributed by atoms with E-state index in [2.05, 4.69) is 15.3 Å². The van der Waals surface area contributed by atoms with Crippen molar-refractivity contribution in [3.63, 3.8) is 0 Å². The van der Waals surface area contributed by atoms with Crippen LogP contribution in [0.5, 0.6) is 5.75 Å². The van der Waals surface area contributed by atoms with Gasteiger partial charge in [0.15, 0.2) is 5.82 Å². The van der Waals surface area contributed by atoms with E-state index < -0.39 is 0 Å². The predicted octanol–water partition coefficient (Wildman–Crippen LogP) is 3.88. The maximum atomic E-state index is 13.1. The standard InChI is InChI=1S/C21H19FN4O2/c1-28-18-8-6-17(7-9-18)24-21(27)26-11-10-19-15(13-26)12-23-20(25-19)14-2-4-16(22)5-3-14/h2-9,12H,10-11,13H2,1H3,(H,24,27). The number of nitrogens with one attached hydrogen (secondary N) is 1. The number of anilines is 1. The van der Waals surface area contributed by atoms with Crippen molar-refractivity contribution in [1.29, 1.82) is 0 Å². The Hall–Kier alpha value is -3.48.